The highest BCUT2D eigenvalue weighted by atomic mass is 16.3. The van der Waals surface area contributed by atoms with E-state index in [2.05, 4.69) is 11.4 Å². The maximum atomic E-state index is 12.3. The van der Waals surface area contributed by atoms with Crippen LogP contribution in [0.15, 0.2) is 18.2 Å². The number of amides is 2. The SMILES string of the molecule is O=C(Nc1cccc2c1CCCC2)N(CCO)CCCO. The second kappa shape index (κ2) is 8.00. The second-order valence-electron chi connectivity index (χ2n) is 5.37. The van der Waals surface area contributed by atoms with Crippen molar-refractivity contribution in [3.05, 3.63) is 29.3 Å². The van der Waals surface area contributed by atoms with Crippen molar-refractivity contribution >= 4 is 11.7 Å². The Bertz CT molecular complexity index is 477. The van der Waals surface area contributed by atoms with Crippen molar-refractivity contribution in [1.29, 1.82) is 0 Å². The molecule has 5 heteroatoms. The first kappa shape index (κ1) is 15.8. The molecular formula is C16H24N2O3. The smallest absolute Gasteiger partial charge is 0.321 e. The van der Waals surface area contributed by atoms with Crippen LogP contribution in [-0.4, -0.2) is 47.4 Å². The van der Waals surface area contributed by atoms with Gasteiger partial charge < -0.3 is 20.4 Å². The lowest BCUT2D eigenvalue weighted by Gasteiger charge is -2.24. The molecule has 0 spiro atoms. The molecule has 0 heterocycles. The number of aliphatic hydroxyl groups excluding tert-OH is 2. The van der Waals surface area contributed by atoms with Crippen LogP contribution in [-0.2, 0) is 12.8 Å². The molecule has 1 aromatic carbocycles. The predicted molar refractivity (Wildman–Crippen MR) is 82.5 cm³/mol. The molecule has 116 valence electrons. The van der Waals surface area contributed by atoms with Crippen molar-refractivity contribution < 1.29 is 15.0 Å². The van der Waals surface area contributed by atoms with Crippen LogP contribution < -0.4 is 5.32 Å². The molecule has 1 aliphatic carbocycles. The van der Waals surface area contributed by atoms with Crippen LogP contribution in [0.2, 0.25) is 0 Å². The van der Waals surface area contributed by atoms with E-state index in [1.54, 1.807) is 4.90 Å². The van der Waals surface area contributed by atoms with Crippen LogP contribution >= 0.6 is 0 Å². The van der Waals surface area contributed by atoms with E-state index in [1.165, 1.54) is 17.5 Å². The third-order valence-electron chi connectivity index (χ3n) is 3.88. The topological polar surface area (TPSA) is 72.8 Å². The van der Waals surface area contributed by atoms with Gasteiger partial charge in [-0.25, -0.2) is 4.79 Å². The van der Waals surface area contributed by atoms with Gasteiger partial charge >= 0.3 is 6.03 Å². The fourth-order valence-corrected chi connectivity index (χ4v) is 2.79. The van der Waals surface area contributed by atoms with Gasteiger partial charge in [-0.05, 0) is 49.3 Å². The average molecular weight is 292 g/mol. The quantitative estimate of drug-likeness (QED) is 0.748. The van der Waals surface area contributed by atoms with Gasteiger partial charge in [-0.3, -0.25) is 0 Å². The lowest BCUT2D eigenvalue weighted by Crippen LogP contribution is -2.38. The summed E-state index contributed by atoms with van der Waals surface area (Å²) in [4.78, 5) is 13.9. The summed E-state index contributed by atoms with van der Waals surface area (Å²) in [7, 11) is 0. The van der Waals surface area contributed by atoms with Gasteiger partial charge in [0.25, 0.3) is 0 Å². The molecule has 1 aliphatic rings. The Kier molecular flexibility index (Phi) is 6.02. The number of nitrogens with zero attached hydrogens (tertiary/aromatic N) is 1. The maximum Gasteiger partial charge on any atom is 0.321 e. The minimum Gasteiger partial charge on any atom is -0.396 e. The fourth-order valence-electron chi connectivity index (χ4n) is 2.79. The van der Waals surface area contributed by atoms with Crippen molar-refractivity contribution in [2.45, 2.75) is 32.1 Å². The maximum absolute atomic E-state index is 12.3. The van der Waals surface area contributed by atoms with Crippen LogP contribution in [0.1, 0.15) is 30.4 Å². The Labute approximate surface area is 125 Å². The molecule has 0 saturated heterocycles. The molecule has 3 N–H and O–H groups in total. The zero-order valence-electron chi connectivity index (χ0n) is 12.3. The lowest BCUT2D eigenvalue weighted by molar-refractivity contribution is 0.180. The van der Waals surface area contributed by atoms with Crippen LogP contribution in [0, 0.1) is 0 Å². The van der Waals surface area contributed by atoms with E-state index in [-0.39, 0.29) is 25.8 Å². The summed E-state index contributed by atoms with van der Waals surface area (Å²) in [6.45, 7) is 0.681. The molecule has 0 bridgehead atoms. The number of aryl methyl sites for hydroxylation is 1. The van der Waals surface area contributed by atoms with Gasteiger partial charge in [-0.1, -0.05) is 12.1 Å². The molecule has 1 aromatic rings. The van der Waals surface area contributed by atoms with Crippen molar-refractivity contribution in [2.75, 3.05) is 31.6 Å². The molecule has 0 fully saturated rings. The number of carbonyl (C=O) groups is 1. The highest BCUT2D eigenvalue weighted by Crippen LogP contribution is 2.28. The van der Waals surface area contributed by atoms with Gasteiger partial charge in [0, 0.05) is 25.4 Å². The molecule has 0 unspecified atom stereocenters. The molecular weight excluding hydrogens is 268 g/mol. The van der Waals surface area contributed by atoms with Crippen molar-refractivity contribution in [1.82, 2.24) is 4.90 Å². The number of benzene rings is 1. The van der Waals surface area contributed by atoms with Gasteiger partial charge in [0.1, 0.15) is 0 Å². The number of hydrogen-bond donors (Lipinski definition) is 3. The van der Waals surface area contributed by atoms with Crippen molar-refractivity contribution in [3.63, 3.8) is 0 Å². The number of hydrogen-bond acceptors (Lipinski definition) is 3. The zero-order valence-corrected chi connectivity index (χ0v) is 12.3. The Balaban J connectivity index is 2.07. The second-order valence-corrected chi connectivity index (χ2v) is 5.37. The standard InChI is InChI=1S/C16H24N2O3/c19-11-4-9-18(10-12-20)16(21)17-15-8-3-6-13-5-1-2-7-14(13)15/h3,6,8,19-20H,1-2,4-5,7,9-12H2,(H,17,21). The summed E-state index contributed by atoms with van der Waals surface area (Å²) < 4.78 is 0. The van der Waals surface area contributed by atoms with Crippen molar-refractivity contribution in [2.24, 2.45) is 0 Å². The molecule has 5 nitrogen and oxygen atoms in total. The largest absolute Gasteiger partial charge is 0.396 e. The molecule has 0 aliphatic heterocycles. The Morgan fingerprint density at radius 1 is 1.14 bits per heavy atom. The van der Waals surface area contributed by atoms with E-state index in [0.717, 1.165) is 24.9 Å². The number of carbonyl (C=O) groups excluding carboxylic acids is 1. The monoisotopic (exact) mass is 292 g/mol. The minimum atomic E-state index is -0.212. The molecule has 0 atom stereocenters. The number of fused-ring (bicyclic) bond motifs is 1. The summed E-state index contributed by atoms with van der Waals surface area (Å²) in [6.07, 6.45) is 4.95. The minimum absolute atomic E-state index is 0.0376. The van der Waals surface area contributed by atoms with Gasteiger partial charge in [-0.15, -0.1) is 0 Å². The van der Waals surface area contributed by atoms with Gasteiger partial charge in [-0.2, -0.15) is 0 Å². The summed E-state index contributed by atoms with van der Waals surface area (Å²) in [5, 5.41) is 20.9. The van der Waals surface area contributed by atoms with Crippen molar-refractivity contribution in [3.8, 4) is 0 Å². The lowest BCUT2D eigenvalue weighted by atomic mass is 9.90. The number of urea groups is 1. The first-order chi connectivity index (χ1) is 10.3. The molecule has 2 amide bonds. The van der Waals surface area contributed by atoms with E-state index in [9.17, 15) is 4.79 Å². The van der Waals surface area contributed by atoms with E-state index in [1.807, 2.05) is 12.1 Å². The van der Waals surface area contributed by atoms with E-state index in [4.69, 9.17) is 10.2 Å². The van der Waals surface area contributed by atoms with Gasteiger partial charge in [0.2, 0.25) is 0 Å². The van der Waals surface area contributed by atoms with Crippen LogP contribution in [0.25, 0.3) is 0 Å². The number of anilines is 1. The molecule has 21 heavy (non-hydrogen) atoms. The van der Waals surface area contributed by atoms with E-state index < -0.39 is 0 Å². The molecule has 2 rings (SSSR count). The highest BCUT2D eigenvalue weighted by molar-refractivity contribution is 5.90. The van der Waals surface area contributed by atoms with E-state index >= 15 is 0 Å². The number of aliphatic hydroxyl groups is 2. The molecule has 0 saturated carbocycles. The third-order valence-corrected chi connectivity index (χ3v) is 3.88. The summed E-state index contributed by atoms with van der Waals surface area (Å²) >= 11 is 0. The van der Waals surface area contributed by atoms with E-state index in [0.29, 0.717) is 13.0 Å². The normalized spacial score (nSPS) is 13.6. The van der Waals surface area contributed by atoms with Gasteiger partial charge in [0.05, 0.1) is 6.61 Å². The fraction of sp³-hybridized carbons (Fsp3) is 0.562. The van der Waals surface area contributed by atoms with Gasteiger partial charge in [0.15, 0.2) is 0 Å². The molecule has 0 aromatic heterocycles. The Morgan fingerprint density at radius 2 is 1.95 bits per heavy atom. The van der Waals surface area contributed by atoms with Crippen LogP contribution in [0.3, 0.4) is 0 Å². The summed E-state index contributed by atoms with van der Waals surface area (Å²) in [5.74, 6) is 0. The number of rotatable bonds is 6. The zero-order chi connectivity index (χ0) is 15.1. The summed E-state index contributed by atoms with van der Waals surface area (Å²) in [5.41, 5.74) is 3.44. The number of nitrogens with one attached hydrogen (secondary N) is 1. The average Bonchev–Trinajstić information content (AvgIpc) is 2.51. The first-order valence-corrected chi connectivity index (χ1v) is 7.64. The van der Waals surface area contributed by atoms with Crippen LogP contribution in [0.4, 0.5) is 10.5 Å². The van der Waals surface area contributed by atoms with Crippen LogP contribution in [0.5, 0.6) is 0 Å². The molecule has 0 radical (unpaired) electrons. The highest BCUT2D eigenvalue weighted by Gasteiger charge is 2.17. The third kappa shape index (κ3) is 4.19. The predicted octanol–water partition coefficient (Wildman–Crippen LogP) is 1.77. The Morgan fingerprint density at radius 3 is 2.71 bits per heavy atom. The summed E-state index contributed by atoms with van der Waals surface area (Å²) in [6, 6.07) is 5.83. The first-order valence-electron chi connectivity index (χ1n) is 7.64. The Hall–Kier alpha value is -1.59.